The van der Waals surface area contributed by atoms with Crippen molar-refractivity contribution in [2.24, 2.45) is 5.92 Å². The van der Waals surface area contributed by atoms with Gasteiger partial charge in [0.1, 0.15) is 0 Å². The molecular formula is C22H30N2O6. The summed E-state index contributed by atoms with van der Waals surface area (Å²) in [6.07, 6.45) is 7.97. The second-order valence-corrected chi connectivity index (χ2v) is 7.25. The van der Waals surface area contributed by atoms with Gasteiger partial charge in [0.25, 0.3) is 5.91 Å². The van der Waals surface area contributed by atoms with Crippen molar-refractivity contribution in [3.63, 3.8) is 0 Å². The van der Waals surface area contributed by atoms with E-state index in [1.165, 1.54) is 7.11 Å². The zero-order valence-corrected chi connectivity index (χ0v) is 17.7. The minimum atomic E-state index is -0.731. The number of benzene rings is 1. The van der Waals surface area contributed by atoms with Crippen molar-refractivity contribution in [2.75, 3.05) is 20.3 Å². The highest BCUT2D eigenvalue weighted by Gasteiger charge is 2.23. The number of allylic oxidation sites excluding steroid dienone is 1. The number of ether oxygens (including phenoxy) is 3. The van der Waals surface area contributed by atoms with E-state index >= 15 is 0 Å². The van der Waals surface area contributed by atoms with Gasteiger partial charge in [0, 0.05) is 6.04 Å². The van der Waals surface area contributed by atoms with Gasteiger partial charge in [0.05, 0.1) is 7.11 Å². The first-order chi connectivity index (χ1) is 14.4. The Balaban J connectivity index is 1.72. The number of urea groups is 1. The Morgan fingerprint density at radius 3 is 2.60 bits per heavy atom. The van der Waals surface area contributed by atoms with Gasteiger partial charge in [-0.3, -0.25) is 10.1 Å². The molecule has 0 radical (unpaired) electrons. The van der Waals surface area contributed by atoms with Crippen LogP contribution in [0.3, 0.4) is 0 Å². The topological polar surface area (TPSA) is 103 Å². The van der Waals surface area contributed by atoms with E-state index in [-0.39, 0.29) is 6.04 Å². The Morgan fingerprint density at radius 2 is 1.90 bits per heavy atom. The van der Waals surface area contributed by atoms with Gasteiger partial charge in [-0.15, -0.1) is 0 Å². The van der Waals surface area contributed by atoms with Crippen LogP contribution in [0.4, 0.5) is 4.79 Å². The van der Waals surface area contributed by atoms with E-state index in [1.54, 1.807) is 12.1 Å². The van der Waals surface area contributed by atoms with Gasteiger partial charge in [-0.1, -0.05) is 38.0 Å². The van der Waals surface area contributed by atoms with Crippen LogP contribution in [-0.2, 0) is 14.3 Å². The molecule has 0 aliphatic heterocycles. The summed E-state index contributed by atoms with van der Waals surface area (Å²) in [5.74, 6) is -0.194. The molecule has 3 amide bonds. The Kier molecular flexibility index (Phi) is 9.18. The van der Waals surface area contributed by atoms with Crippen LogP contribution in [0.25, 0.3) is 6.08 Å². The fraction of sp³-hybridized carbons (Fsp3) is 0.500. The molecule has 164 valence electrons. The summed E-state index contributed by atoms with van der Waals surface area (Å²) >= 11 is 0. The second kappa shape index (κ2) is 11.8. The first-order valence-electron chi connectivity index (χ1n) is 10.1. The molecule has 0 unspecified atom stereocenters. The van der Waals surface area contributed by atoms with Crippen molar-refractivity contribution in [3.05, 3.63) is 29.8 Å². The summed E-state index contributed by atoms with van der Waals surface area (Å²) in [5, 5.41) is 4.99. The summed E-state index contributed by atoms with van der Waals surface area (Å²) in [6.45, 7) is 3.03. The molecule has 1 fully saturated rings. The molecule has 0 aromatic heterocycles. The van der Waals surface area contributed by atoms with Crippen LogP contribution in [0.1, 0.15) is 45.1 Å². The number of carbonyl (C=O) groups excluding carboxylic acids is 3. The number of rotatable bonds is 8. The first-order valence-corrected chi connectivity index (χ1v) is 10.1. The fourth-order valence-electron chi connectivity index (χ4n) is 3.32. The van der Waals surface area contributed by atoms with E-state index in [1.807, 2.05) is 25.1 Å². The summed E-state index contributed by atoms with van der Waals surface area (Å²) in [7, 11) is 1.50. The van der Waals surface area contributed by atoms with Crippen molar-refractivity contribution in [1.82, 2.24) is 10.6 Å². The van der Waals surface area contributed by atoms with Crippen LogP contribution in [-0.4, -0.2) is 44.3 Å². The van der Waals surface area contributed by atoms with E-state index < -0.39 is 31.1 Å². The number of amides is 3. The SMILES string of the molecule is C/C=C/c1ccc(OCC(=O)OCC(=O)NC(=O)N[C@@H]2CCCC[C@@H]2C)c(OC)c1. The van der Waals surface area contributed by atoms with Gasteiger partial charge >= 0.3 is 12.0 Å². The maximum absolute atomic E-state index is 11.9. The predicted molar refractivity (Wildman–Crippen MR) is 112 cm³/mol. The first kappa shape index (κ1) is 23.3. The predicted octanol–water partition coefficient (Wildman–Crippen LogP) is 3.05. The molecular weight excluding hydrogens is 388 g/mol. The molecule has 0 saturated heterocycles. The largest absolute Gasteiger partial charge is 0.493 e. The monoisotopic (exact) mass is 418 g/mol. The molecule has 8 heteroatoms. The molecule has 1 saturated carbocycles. The molecule has 8 nitrogen and oxygen atoms in total. The normalized spacial score (nSPS) is 18.5. The molecule has 1 aromatic carbocycles. The molecule has 0 heterocycles. The smallest absolute Gasteiger partial charge is 0.344 e. The maximum Gasteiger partial charge on any atom is 0.344 e. The number of esters is 1. The Bertz CT molecular complexity index is 777. The van der Waals surface area contributed by atoms with Crippen LogP contribution in [0.15, 0.2) is 24.3 Å². The third kappa shape index (κ3) is 7.42. The van der Waals surface area contributed by atoms with Crippen LogP contribution >= 0.6 is 0 Å². The van der Waals surface area contributed by atoms with Crippen molar-refractivity contribution in [2.45, 2.75) is 45.6 Å². The summed E-state index contributed by atoms with van der Waals surface area (Å²) in [4.78, 5) is 35.6. The lowest BCUT2D eigenvalue weighted by atomic mass is 9.86. The number of hydrogen-bond donors (Lipinski definition) is 2. The van der Waals surface area contributed by atoms with E-state index in [2.05, 4.69) is 17.6 Å². The standard InChI is InChI=1S/C22H30N2O6/c1-4-7-16-10-11-18(19(12-16)28-3)29-14-21(26)30-13-20(25)24-22(27)23-17-9-6-5-8-15(17)2/h4,7,10-12,15,17H,5-6,8-9,13-14H2,1-3H3,(H2,23,24,25,27)/b7-4+/t15-,17+/m0/s1. The minimum Gasteiger partial charge on any atom is -0.493 e. The molecule has 0 spiro atoms. The Labute approximate surface area is 176 Å². The van der Waals surface area contributed by atoms with Gasteiger partial charge < -0.3 is 19.5 Å². The minimum absolute atomic E-state index is 0.0525. The molecule has 1 aliphatic rings. The molecule has 30 heavy (non-hydrogen) atoms. The lowest BCUT2D eigenvalue weighted by Crippen LogP contribution is -2.48. The maximum atomic E-state index is 11.9. The van der Waals surface area contributed by atoms with E-state index in [4.69, 9.17) is 14.2 Å². The summed E-state index contributed by atoms with van der Waals surface area (Å²) < 4.78 is 15.5. The third-order valence-electron chi connectivity index (χ3n) is 4.94. The number of carbonyl (C=O) groups is 3. The van der Waals surface area contributed by atoms with E-state index in [0.717, 1.165) is 31.2 Å². The highest BCUT2D eigenvalue weighted by atomic mass is 16.6. The van der Waals surface area contributed by atoms with Gasteiger partial charge in [0.2, 0.25) is 0 Å². The quantitative estimate of drug-likeness (QED) is 0.629. The molecule has 1 aromatic rings. The zero-order valence-electron chi connectivity index (χ0n) is 17.7. The average Bonchev–Trinajstić information content (AvgIpc) is 2.73. The molecule has 1 aliphatic carbocycles. The number of methoxy groups -OCH3 is 1. The lowest BCUT2D eigenvalue weighted by Gasteiger charge is -2.29. The van der Waals surface area contributed by atoms with Crippen LogP contribution in [0.5, 0.6) is 11.5 Å². The molecule has 2 atom stereocenters. The van der Waals surface area contributed by atoms with Crippen molar-refractivity contribution < 1.29 is 28.6 Å². The Morgan fingerprint density at radius 1 is 1.13 bits per heavy atom. The van der Waals surface area contributed by atoms with E-state index in [9.17, 15) is 14.4 Å². The highest BCUT2D eigenvalue weighted by molar-refractivity contribution is 5.95. The molecule has 2 N–H and O–H groups in total. The van der Waals surface area contributed by atoms with Crippen LogP contribution in [0, 0.1) is 5.92 Å². The summed E-state index contributed by atoms with van der Waals surface area (Å²) in [6, 6.07) is 4.77. The fourth-order valence-corrected chi connectivity index (χ4v) is 3.32. The van der Waals surface area contributed by atoms with Crippen molar-refractivity contribution in [3.8, 4) is 11.5 Å². The van der Waals surface area contributed by atoms with Crippen molar-refractivity contribution in [1.29, 1.82) is 0 Å². The van der Waals surface area contributed by atoms with Gasteiger partial charge in [-0.05, 0) is 43.4 Å². The van der Waals surface area contributed by atoms with Crippen LogP contribution in [0.2, 0.25) is 0 Å². The second-order valence-electron chi connectivity index (χ2n) is 7.25. The number of hydrogen-bond acceptors (Lipinski definition) is 6. The number of nitrogens with one attached hydrogen (secondary N) is 2. The van der Waals surface area contributed by atoms with Crippen LogP contribution < -0.4 is 20.1 Å². The highest BCUT2D eigenvalue weighted by Crippen LogP contribution is 2.28. The van der Waals surface area contributed by atoms with Crippen molar-refractivity contribution >= 4 is 24.0 Å². The van der Waals surface area contributed by atoms with Gasteiger partial charge in [0.15, 0.2) is 24.7 Å². The summed E-state index contributed by atoms with van der Waals surface area (Å²) in [5.41, 5.74) is 0.932. The molecule has 2 rings (SSSR count). The number of imide groups is 1. The van der Waals surface area contributed by atoms with E-state index in [0.29, 0.717) is 17.4 Å². The average molecular weight is 418 g/mol. The lowest BCUT2D eigenvalue weighted by molar-refractivity contribution is -0.150. The van der Waals surface area contributed by atoms with Gasteiger partial charge in [-0.2, -0.15) is 0 Å². The zero-order chi connectivity index (χ0) is 21.9. The molecule has 0 bridgehead atoms. The Hall–Kier alpha value is -3.03. The third-order valence-corrected chi connectivity index (χ3v) is 4.94. The van der Waals surface area contributed by atoms with Gasteiger partial charge in [-0.25, -0.2) is 9.59 Å².